The van der Waals surface area contributed by atoms with E-state index in [0.717, 1.165) is 4.57 Å². The van der Waals surface area contributed by atoms with E-state index >= 15 is 0 Å². The molecule has 2 aliphatic heterocycles. The van der Waals surface area contributed by atoms with Crippen LogP contribution in [0.4, 0.5) is 5.82 Å². The zero-order chi connectivity index (χ0) is 17.0. The number of nitrogens with zero attached hydrogens (tertiary/aromatic N) is 2. The summed E-state index contributed by atoms with van der Waals surface area (Å²) < 4.78 is 27.5. The van der Waals surface area contributed by atoms with Crippen molar-refractivity contribution in [3.8, 4) is 0 Å². The predicted octanol–water partition coefficient (Wildman–Crippen LogP) is -1.73. The highest BCUT2D eigenvalue weighted by Gasteiger charge is 2.62. The summed E-state index contributed by atoms with van der Waals surface area (Å²) in [5, 5.41) is 10.3. The fourth-order valence-electron chi connectivity index (χ4n) is 2.69. The summed E-state index contributed by atoms with van der Waals surface area (Å²) in [7, 11) is -4.74. The minimum atomic E-state index is -4.74. The second-order valence-electron chi connectivity index (χ2n) is 5.56. The standard InChI is InChI=1S/C11H16N3O8P/c1-5-2-14(10(16)13-8(5)12)9-6-7(15)11(22-9,3-20-6)4-21-23(17,18)19/h2,6-7,9,15H,3-4H2,1H3,(H2,12,13,16)(H2,17,18,19). The Morgan fingerprint density at radius 3 is 2.96 bits per heavy atom. The monoisotopic (exact) mass is 349 g/mol. The van der Waals surface area contributed by atoms with Gasteiger partial charge in [-0.2, -0.15) is 4.98 Å². The van der Waals surface area contributed by atoms with Crippen molar-refractivity contribution >= 4 is 13.6 Å². The van der Waals surface area contributed by atoms with Gasteiger partial charge in [0.2, 0.25) is 0 Å². The number of aryl methyl sites for hydroxylation is 1. The van der Waals surface area contributed by atoms with Crippen molar-refractivity contribution in [3.05, 3.63) is 22.2 Å². The second-order valence-corrected chi connectivity index (χ2v) is 6.80. The third kappa shape index (κ3) is 2.81. The van der Waals surface area contributed by atoms with E-state index in [1.807, 2.05) is 0 Å². The minimum absolute atomic E-state index is 0.0791. The van der Waals surface area contributed by atoms with E-state index in [2.05, 4.69) is 9.51 Å². The van der Waals surface area contributed by atoms with Crippen LogP contribution in [0.1, 0.15) is 11.8 Å². The summed E-state index contributed by atoms with van der Waals surface area (Å²) in [5.41, 5.74) is 3.94. The Labute approximate surface area is 129 Å². The lowest BCUT2D eigenvalue weighted by molar-refractivity contribution is -0.186. The SMILES string of the molecule is Cc1cn(C2OC3(COP(=O)(O)O)COC2C3O)c(=O)nc1N. The number of rotatable bonds is 4. The van der Waals surface area contributed by atoms with Crippen LogP contribution in [0.2, 0.25) is 0 Å². The third-order valence-corrected chi connectivity index (χ3v) is 4.40. The van der Waals surface area contributed by atoms with Crippen LogP contribution in [-0.2, 0) is 18.6 Å². The number of aliphatic hydroxyl groups is 1. The molecule has 2 bridgehead atoms. The van der Waals surface area contributed by atoms with E-state index in [1.165, 1.54) is 6.20 Å². The summed E-state index contributed by atoms with van der Waals surface area (Å²) >= 11 is 0. The molecular formula is C11H16N3O8P. The molecule has 4 atom stereocenters. The van der Waals surface area contributed by atoms with Crippen LogP contribution in [0, 0.1) is 6.92 Å². The van der Waals surface area contributed by atoms with Crippen molar-refractivity contribution in [2.24, 2.45) is 0 Å². The lowest BCUT2D eigenvalue weighted by atomic mass is 10.0. The molecule has 1 aromatic rings. The maximum atomic E-state index is 12.0. The van der Waals surface area contributed by atoms with E-state index in [4.69, 9.17) is 25.0 Å². The van der Waals surface area contributed by atoms with Crippen molar-refractivity contribution in [2.75, 3.05) is 18.9 Å². The summed E-state index contributed by atoms with van der Waals surface area (Å²) in [6.45, 7) is 0.947. The summed E-state index contributed by atoms with van der Waals surface area (Å²) in [5.74, 6) is 0.0791. The molecule has 2 saturated heterocycles. The van der Waals surface area contributed by atoms with Gasteiger partial charge in [-0.05, 0) is 6.92 Å². The summed E-state index contributed by atoms with van der Waals surface area (Å²) in [4.78, 5) is 33.3. The van der Waals surface area contributed by atoms with Crippen molar-refractivity contribution in [1.29, 1.82) is 0 Å². The number of phosphoric acid groups is 1. The van der Waals surface area contributed by atoms with Crippen LogP contribution in [0.15, 0.2) is 11.0 Å². The van der Waals surface area contributed by atoms with Crippen molar-refractivity contribution in [3.63, 3.8) is 0 Å². The van der Waals surface area contributed by atoms with Crippen LogP contribution in [-0.4, -0.2) is 55.5 Å². The largest absolute Gasteiger partial charge is 0.469 e. The first kappa shape index (κ1) is 16.5. The van der Waals surface area contributed by atoms with E-state index in [-0.39, 0.29) is 12.4 Å². The van der Waals surface area contributed by atoms with Crippen LogP contribution < -0.4 is 11.4 Å². The van der Waals surface area contributed by atoms with Crippen LogP contribution >= 0.6 is 7.82 Å². The van der Waals surface area contributed by atoms with Gasteiger partial charge >= 0.3 is 13.5 Å². The number of fused-ring (bicyclic) bond motifs is 2. The zero-order valence-electron chi connectivity index (χ0n) is 12.0. The van der Waals surface area contributed by atoms with Gasteiger partial charge in [-0.15, -0.1) is 0 Å². The van der Waals surface area contributed by atoms with E-state index in [0.29, 0.717) is 5.56 Å². The Bertz CT molecular complexity index is 732. The smallest absolute Gasteiger partial charge is 0.387 e. The number of hydrogen-bond donors (Lipinski definition) is 4. The molecule has 0 aromatic carbocycles. The highest BCUT2D eigenvalue weighted by atomic mass is 31.2. The fraction of sp³-hybridized carbons (Fsp3) is 0.636. The van der Waals surface area contributed by atoms with E-state index in [9.17, 15) is 14.5 Å². The van der Waals surface area contributed by atoms with Crippen LogP contribution in [0.5, 0.6) is 0 Å². The minimum Gasteiger partial charge on any atom is -0.387 e. The molecule has 0 saturated carbocycles. The molecule has 0 amide bonds. The van der Waals surface area contributed by atoms with Gasteiger partial charge in [-0.1, -0.05) is 0 Å². The number of hydrogen-bond acceptors (Lipinski definition) is 8. The molecule has 5 N–H and O–H groups in total. The molecule has 12 heteroatoms. The average Bonchev–Trinajstić information content (AvgIpc) is 2.91. The Balaban J connectivity index is 1.89. The summed E-state index contributed by atoms with van der Waals surface area (Å²) in [6, 6.07) is 0. The first-order valence-corrected chi connectivity index (χ1v) is 8.19. The normalized spacial score (nSPS) is 33.3. The molecular weight excluding hydrogens is 333 g/mol. The Morgan fingerprint density at radius 2 is 2.30 bits per heavy atom. The maximum Gasteiger partial charge on any atom is 0.469 e. The molecule has 1 aromatic heterocycles. The summed E-state index contributed by atoms with van der Waals surface area (Å²) in [6.07, 6.45) is -1.69. The highest BCUT2D eigenvalue weighted by molar-refractivity contribution is 7.46. The lowest BCUT2D eigenvalue weighted by Crippen LogP contribution is -2.45. The molecule has 0 spiro atoms. The van der Waals surface area contributed by atoms with Crippen LogP contribution in [0.3, 0.4) is 0 Å². The molecule has 4 unspecified atom stereocenters. The number of nitrogens with two attached hydrogens (primary N) is 1. The molecule has 3 heterocycles. The second kappa shape index (κ2) is 5.35. The van der Waals surface area contributed by atoms with Gasteiger partial charge in [-0.3, -0.25) is 9.09 Å². The molecule has 2 fully saturated rings. The Kier molecular flexibility index (Phi) is 3.84. The topological polar surface area (TPSA) is 166 Å². The van der Waals surface area contributed by atoms with Crippen molar-refractivity contribution in [2.45, 2.75) is 31.0 Å². The molecule has 23 heavy (non-hydrogen) atoms. The maximum absolute atomic E-state index is 12.0. The predicted molar refractivity (Wildman–Crippen MR) is 74.2 cm³/mol. The van der Waals surface area contributed by atoms with Crippen molar-refractivity contribution in [1.82, 2.24) is 9.55 Å². The molecule has 128 valence electrons. The van der Waals surface area contributed by atoms with Gasteiger partial charge in [0, 0.05) is 11.8 Å². The Morgan fingerprint density at radius 1 is 1.61 bits per heavy atom. The van der Waals surface area contributed by atoms with Gasteiger partial charge in [0.25, 0.3) is 0 Å². The molecule has 0 aliphatic carbocycles. The number of aromatic nitrogens is 2. The number of anilines is 1. The number of aliphatic hydroxyl groups excluding tert-OH is 1. The van der Waals surface area contributed by atoms with E-state index in [1.54, 1.807) is 6.92 Å². The number of ether oxygens (including phenoxy) is 2. The average molecular weight is 349 g/mol. The van der Waals surface area contributed by atoms with Gasteiger partial charge in [0.1, 0.15) is 23.6 Å². The molecule has 3 rings (SSSR count). The first-order valence-electron chi connectivity index (χ1n) is 6.66. The van der Waals surface area contributed by atoms with Gasteiger partial charge in [0.05, 0.1) is 13.2 Å². The van der Waals surface area contributed by atoms with Crippen LogP contribution in [0.25, 0.3) is 0 Å². The quantitative estimate of drug-likeness (QED) is 0.459. The third-order valence-electron chi connectivity index (χ3n) is 3.93. The highest BCUT2D eigenvalue weighted by Crippen LogP contribution is 2.47. The van der Waals surface area contributed by atoms with E-state index < -0.39 is 44.2 Å². The number of phosphoric ester groups is 1. The van der Waals surface area contributed by atoms with Crippen molar-refractivity contribution < 1.29 is 33.5 Å². The lowest BCUT2D eigenvalue weighted by Gasteiger charge is -2.30. The zero-order valence-corrected chi connectivity index (χ0v) is 12.9. The van der Waals surface area contributed by atoms with Gasteiger partial charge in [0.15, 0.2) is 6.23 Å². The van der Waals surface area contributed by atoms with Gasteiger partial charge < -0.3 is 30.1 Å². The number of nitrogen functional groups attached to an aromatic ring is 1. The molecule has 0 radical (unpaired) electrons. The molecule has 2 aliphatic rings. The molecule has 11 nitrogen and oxygen atoms in total. The first-order chi connectivity index (χ1) is 10.6. The fourth-order valence-corrected chi connectivity index (χ4v) is 3.08. The Hall–Kier alpha value is -1.33. The van der Waals surface area contributed by atoms with Gasteiger partial charge in [-0.25, -0.2) is 9.36 Å².